The van der Waals surface area contributed by atoms with Crippen LogP contribution in [0.3, 0.4) is 0 Å². The predicted molar refractivity (Wildman–Crippen MR) is 107 cm³/mol. The SMILES string of the molecule is Cc1ccc(C(=Nc2ccccc2O[SiH](C)C)c2ccccc2)nc1. The van der Waals surface area contributed by atoms with Gasteiger partial charge in [-0.2, -0.15) is 0 Å². The average molecular weight is 347 g/mol. The molecule has 0 saturated heterocycles. The maximum Gasteiger partial charge on any atom is 0.229 e. The fourth-order valence-electron chi connectivity index (χ4n) is 2.50. The second-order valence-corrected chi connectivity index (χ2v) is 8.51. The van der Waals surface area contributed by atoms with Crippen molar-refractivity contribution in [1.82, 2.24) is 4.98 Å². The van der Waals surface area contributed by atoms with E-state index in [2.05, 4.69) is 36.3 Å². The first-order chi connectivity index (χ1) is 12.1. The second-order valence-electron chi connectivity index (χ2n) is 6.18. The van der Waals surface area contributed by atoms with Gasteiger partial charge in [0.15, 0.2) is 0 Å². The van der Waals surface area contributed by atoms with Gasteiger partial charge in [-0.25, -0.2) is 4.99 Å². The van der Waals surface area contributed by atoms with E-state index in [1.54, 1.807) is 0 Å². The van der Waals surface area contributed by atoms with Crippen molar-refractivity contribution in [2.45, 2.75) is 20.0 Å². The third kappa shape index (κ3) is 4.42. The standard InChI is InChI=1S/C21H22N2OSi/c1-16-13-14-19(22-15-16)21(17-9-5-4-6-10-17)23-18-11-7-8-12-20(18)24-25(2)3/h4-15,25H,1-3H3. The van der Waals surface area contributed by atoms with Crippen LogP contribution >= 0.6 is 0 Å². The summed E-state index contributed by atoms with van der Waals surface area (Å²) in [6, 6.07) is 22.2. The van der Waals surface area contributed by atoms with Crippen LogP contribution in [0.4, 0.5) is 5.69 Å². The summed E-state index contributed by atoms with van der Waals surface area (Å²) >= 11 is 0. The zero-order valence-corrected chi connectivity index (χ0v) is 16.0. The van der Waals surface area contributed by atoms with Crippen LogP contribution in [0, 0.1) is 6.92 Å². The second kappa shape index (κ2) is 7.90. The van der Waals surface area contributed by atoms with E-state index in [1.807, 2.05) is 61.7 Å². The Labute approximate surface area is 150 Å². The zero-order chi connectivity index (χ0) is 17.6. The van der Waals surface area contributed by atoms with Crippen molar-refractivity contribution in [2.75, 3.05) is 0 Å². The molecule has 25 heavy (non-hydrogen) atoms. The highest BCUT2D eigenvalue weighted by Crippen LogP contribution is 2.29. The smallest absolute Gasteiger partial charge is 0.229 e. The number of aromatic nitrogens is 1. The maximum absolute atomic E-state index is 6.05. The minimum Gasteiger partial charge on any atom is -0.546 e. The van der Waals surface area contributed by atoms with Crippen molar-refractivity contribution in [1.29, 1.82) is 0 Å². The van der Waals surface area contributed by atoms with Crippen LogP contribution in [-0.4, -0.2) is 19.7 Å². The van der Waals surface area contributed by atoms with Crippen molar-refractivity contribution in [3.8, 4) is 5.75 Å². The molecule has 0 amide bonds. The number of nitrogens with zero attached hydrogens (tertiary/aromatic N) is 2. The molecule has 0 aliphatic rings. The summed E-state index contributed by atoms with van der Waals surface area (Å²) in [4.78, 5) is 9.51. The first-order valence-electron chi connectivity index (χ1n) is 8.46. The highest BCUT2D eigenvalue weighted by atomic mass is 28.3. The molecule has 3 rings (SSSR count). The van der Waals surface area contributed by atoms with Crippen molar-refractivity contribution < 1.29 is 4.43 Å². The Kier molecular flexibility index (Phi) is 5.41. The van der Waals surface area contributed by atoms with E-state index in [4.69, 9.17) is 9.42 Å². The molecule has 0 saturated carbocycles. The molecule has 0 radical (unpaired) electrons. The minimum atomic E-state index is -1.21. The lowest BCUT2D eigenvalue weighted by Crippen LogP contribution is -2.11. The molecule has 0 unspecified atom stereocenters. The van der Waals surface area contributed by atoms with E-state index >= 15 is 0 Å². The van der Waals surface area contributed by atoms with E-state index < -0.39 is 9.04 Å². The number of hydrogen-bond donors (Lipinski definition) is 0. The molecule has 1 heterocycles. The molecule has 0 aliphatic carbocycles. The molecule has 126 valence electrons. The molecule has 1 aromatic heterocycles. The predicted octanol–water partition coefficient (Wildman–Crippen LogP) is 4.92. The van der Waals surface area contributed by atoms with Crippen LogP contribution in [0.15, 0.2) is 77.9 Å². The van der Waals surface area contributed by atoms with Crippen LogP contribution in [0.5, 0.6) is 5.75 Å². The highest BCUT2D eigenvalue weighted by Gasteiger charge is 2.11. The van der Waals surface area contributed by atoms with Gasteiger partial charge in [0.2, 0.25) is 9.04 Å². The molecular formula is C21H22N2OSi. The Morgan fingerprint density at radius 1 is 0.920 bits per heavy atom. The fourth-order valence-corrected chi connectivity index (χ4v) is 3.20. The molecular weight excluding hydrogens is 324 g/mol. The summed E-state index contributed by atoms with van der Waals surface area (Å²) in [6.45, 7) is 6.34. The first kappa shape index (κ1) is 17.1. The van der Waals surface area contributed by atoms with Crippen LogP contribution in [-0.2, 0) is 0 Å². The third-order valence-electron chi connectivity index (χ3n) is 3.66. The van der Waals surface area contributed by atoms with E-state index in [1.165, 1.54) is 0 Å². The Morgan fingerprint density at radius 3 is 2.32 bits per heavy atom. The van der Waals surface area contributed by atoms with Gasteiger partial charge in [0, 0.05) is 11.8 Å². The molecule has 0 N–H and O–H groups in total. The minimum absolute atomic E-state index is 0.838. The molecule has 0 bridgehead atoms. The zero-order valence-electron chi connectivity index (χ0n) is 14.8. The summed E-state index contributed by atoms with van der Waals surface area (Å²) in [5.41, 5.74) is 4.71. The quantitative estimate of drug-likeness (QED) is 0.485. The van der Waals surface area contributed by atoms with Crippen molar-refractivity contribution in [3.05, 3.63) is 89.7 Å². The summed E-state index contributed by atoms with van der Waals surface area (Å²) in [5.74, 6) is 0.838. The van der Waals surface area contributed by atoms with E-state index in [0.717, 1.165) is 34.0 Å². The largest absolute Gasteiger partial charge is 0.546 e. The van der Waals surface area contributed by atoms with Crippen LogP contribution in [0.25, 0.3) is 0 Å². The number of pyridine rings is 1. The first-order valence-corrected chi connectivity index (χ1v) is 11.2. The molecule has 0 spiro atoms. The lowest BCUT2D eigenvalue weighted by Gasteiger charge is -2.13. The molecule has 0 atom stereocenters. The third-order valence-corrected chi connectivity index (χ3v) is 4.39. The molecule has 2 aromatic carbocycles. The number of rotatable bonds is 5. The highest BCUT2D eigenvalue weighted by molar-refractivity contribution is 6.49. The molecule has 3 aromatic rings. The monoisotopic (exact) mass is 346 g/mol. The lowest BCUT2D eigenvalue weighted by atomic mass is 10.1. The van der Waals surface area contributed by atoms with Crippen molar-refractivity contribution in [2.24, 2.45) is 4.99 Å². The normalized spacial score (nSPS) is 11.6. The van der Waals surface area contributed by atoms with Gasteiger partial charge in [-0.1, -0.05) is 48.5 Å². The topological polar surface area (TPSA) is 34.5 Å². The molecule has 4 heteroatoms. The van der Waals surface area contributed by atoms with E-state index in [0.29, 0.717) is 0 Å². The van der Waals surface area contributed by atoms with Gasteiger partial charge in [-0.05, 0) is 43.8 Å². The molecule has 0 aliphatic heterocycles. The van der Waals surface area contributed by atoms with Gasteiger partial charge in [-0.15, -0.1) is 0 Å². The summed E-state index contributed by atoms with van der Waals surface area (Å²) in [6.07, 6.45) is 1.87. The number of aliphatic imine (C=N–C) groups is 1. The summed E-state index contributed by atoms with van der Waals surface area (Å²) in [5, 5.41) is 0. The fraction of sp³-hybridized carbons (Fsp3) is 0.143. The van der Waals surface area contributed by atoms with Gasteiger partial charge >= 0.3 is 0 Å². The maximum atomic E-state index is 6.05. The average Bonchev–Trinajstić information content (AvgIpc) is 2.62. The Morgan fingerprint density at radius 2 is 1.64 bits per heavy atom. The number of benzene rings is 2. The summed E-state index contributed by atoms with van der Waals surface area (Å²) < 4.78 is 6.05. The van der Waals surface area contributed by atoms with Gasteiger partial charge in [0.1, 0.15) is 11.4 Å². The van der Waals surface area contributed by atoms with E-state index in [-0.39, 0.29) is 0 Å². The number of hydrogen-bond acceptors (Lipinski definition) is 3. The van der Waals surface area contributed by atoms with Crippen molar-refractivity contribution in [3.63, 3.8) is 0 Å². The van der Waals surface area contributed by atoms with Crippen LogP contribution in [0.1, 0.15) is 16.8 Å². The van der Waals surface area contributed by atoms with Gasteiger partial charge in [-0.3, -0.25) is 4.98 Å². The molecule has 0 fully saturated rings. The summed E-state index contributed by atoms with van der Waals surface area (Å²) in [7, 11) is -1.21. The lowest BCUT2D eigenvalue weighted by molar-refractivity contribution is 0.582. The Bertz CT molecular complexity index is 859. The Hall–Kier alpha value is -2.72. The molecule has 3 nitrogen and oxygen atoms in total. The van der Waals surface area contributed by atoms with Gasteiger partial charge in [0.25, 0.3) is 0 Å². The van der Waals surface area contributed by atoms with Crippen molar-refractivity contribution >= 4 is 20.4 Å². The number of para-hydroxylation sites is 2. The number of aryl methyl sites for hydroxylation is 1. The Balaban J connectivity index is 2.12. The van der Waals surface area contributed by atoms with Gasteiger partial charge < -0.3 is 4.43 Å². The van der Waals surface area contributed by atoms with Crippen LogP contribution in [0.2, 0.25) is 13.1 Å². The van der Waals surface area contributed by atoms with Crippen LogP contribution < -0.4 is 4.43 Å². The van der Waals surface area contributed by atoms with E-state index in [9.17, 15) is 0 Å². The van der Waals surface area contributed by atoms with Gasteiger partial charge in [0.05, 0.1) is 11.4 Å².